The monoisotopic (exact) mass is 408 g/mol. The van der Waals surface area contributed by atoms with Crippen LogP contribution in [-0.2, 0) is 5.41 Å². The Morgan fingerprint density at radius 3 is 2.85 bits per heavy atom. The smallest absolute Gasteiger partial charge is 0.250 e. The number of nitrogens with zero attached hydrogens (tertiary/aromatic N) is 2. The molecule has 1 saturated carbocycles. The molecule has 0 spiro atoms. The first-order valence-electron chi connectivity index (χ1n) is 8.27. The largest absolute Gasteiger partial charge is 0.366 e. The molecule has 1 aliphatic rings. The van der Waals surface area contributed by atoms with E-state index in [0.29, 0.717) is 25.9 Å². The lowest BCUT2D eigenvalue weighted by molar-refractivity contribution is 0.0964. The first-order chi connectivity index (χ1) is 12.9. The van der Waals surface area contributed by atoms with Gasteiger partial charge in [0.2, 0.25) is 5.91 Å². The Hall–Kier alpha value is -2.32. The maximum atomic E-state index is 14.2. The third kappa shape index (κ3) is 3.12. The quantitative estimate of drug-likeness (QED) is 0.667. The summed E-state index contributed by atoms with van der Waals surface area (Å²) in [6.07, 6.45) is 0.889. The number of carbonyl (C=O) groups is 1. The molecule has 1 aliphatic carbocycles. The van der Waals surface area contributed by atoms with E-state index in [4.69, 9.17) is 17.3 Å². The Morgan fingerprint density at radius 2 is 2.19 bits per heavy atom. The zero-order valence-electron chi connectivity index (χ0n) is 14.0. The van der Waals surface area contributed by atoms with Gasteiger partial charge in [-0.1, -0.05) is 22.9 Å². The standard InChI is InChI=1S/C18H15ClF2N4OS/c19-11-4-3-10(16(22)26)14-13(11)25-17(27-14)24-8-18(6-9(20)7-18)15-12(21)2-1-5-23-15/h1-5,9H,6-8H2,(H2,22,26)(H,24,25)/t9-,18-. The van der Waals surface area contributed by atoms with Crippen LogP contribution in [0.5, 0.6) is 0 Å². The highest BCUT2D eigenvalue weighted by Gasteiger charge is 2.48. The average molecular weight is 409 g/mol. The Bertz CT molecular complexity index is 1040. The molecule has 0 bridgehead atoms. The molecule has 9 heteroatoms. The number of fused-ring (bicyclic) bond motifs is 1. The summed E-state index contributed by atoms with van der Waals surface area (Å²) in [5.74, 6) is -1.02. The molecule has 5 nitrogen and oxygen atoms in total. The number of hydrogen-bond acceptors (Lipinski definition) is 5. The van der Waals surface area contributed by atoms with Gasteiger partial charge < -0.3 is 11.1 Å². The van der Waals surface area contributed by atoms with Gasteiger partial charge in [0.1, 0.15) is 17.5 Å². The zero-order chi connectivity index (χ0) is 19.2. The molecule has 1 aromatic carbocycles. The summed E-state index contributed by atoms with van der Waals surface area (Å²) in [5.41, 5.74) is 5.72. The lowest BCUT2D eigenvalue weighted by Gasteiger charge is -2.43. The maximum Gasteiger partial charge on any atom is 0.250 e. The van der Waals surface area contributed by atoms with E-state index in [9.17, 15) is 13.6 Å². The van der Waals surface area contributed by atoms with E-state index < -0.39 is 23.3 Å². The lowest BCUT2D eigenvalue weighted by Crippen LogP contribution is -2.48. The SMILES string of the molecule is NC(=O)c1ccc(Cl)c2nc(NC[C@]3(c4ncccc4F)C[C@H](F)C3)sc12. The van der Waals surface area contributed by atoms with Crippen molar-refractivity contribution in [3.63, 3.8) is 0 Å². The van der Waals surface area contributed by atoms with Crippen LogP contribution in [0.1, 0.15) is 28.9 Å². The highest BCUT2D eigenvalue weighted by molar-refractivity contribution is 7.22. The van der Waals surface area contributed by atoms with E-state index in [1.807, 2.05) is 0 Å². The summed E-state index contributed by atoms with van der Waals surface area (Å²) < 4.78 is 28.5. The van der Waals surface area contributed by atoms with Gasteiger partial charge in [-0.3, -0.25) is 9.78 Å². The number of benzene rings is 1. The Balaban J connectivity index is 1.64. The van der Waals surface area contributed by atoms with Crippen LogP contribution in [0.25, 0.3) is 10.2 Å². The number of nitrogens with one attached hydrogen (secondary N) is 1. The summed E-state index contributed by atoms with van der Waals surface area (Å²) in [6, 6.07) is 5.95. The van der Waals surface area contributed by atoms with Gasteiger partial charge >= 0.3 is 0 Å². The molecule has 0 aliphatic heterocycles. The topological polar surface area (TPSA) is 80.9 Å². The van der Waals surface area contributed by atoms with E-state index >= 15 is 0 Å². The van der Waals surface area contributed by atoms with Crippen LogP contribution >= 0.6 is 22.9 Å². The number of primary amides is 1. The summed E-state index contributed by atoms with van der Waals surface area (Å²) in [5, 5.41) is 4.04. The molecule has 0 saturated heterocycles. The molecule has 140 valence electrons. The fourth-order valence-electron chi connectivity index (χ4n) is 3.48. The second-order valence-electron chi connectivity index (χ2n) is 6.63. The van der Waals surface area contributed by atoms with Gasteiger partial charge in [0, 0.05) is 18.2 Å². The lowest BCUT2D eigenvalue weighted by atomic mass is 9.65. The van der Waals surface area contributed by atoms with Crippen molar-refractivity contribution in [2.24, 2.45) is 5.73 Å². The van der Waals surface area contributed by atoms with E-state index in [-0.39, 0.29) is 25.1 Å². The molecule has 4 rings (SSSR count). The molecular formula is C18H15ClF2N4OS. The molecule has 3 aromatic rings. The number of amides is 1. The van der Waals surface area contributed by atoms with E-state index in [1.165, 1.54) is 29.7 Å². The highest BCUT2D eigenvalue weighted by Crippen LogP contribution is 2.46. The molecule has 1 amide bonds. The number of aromatic nitrogens is 2. The predicted molar refractivity (Wildman–Crippen MR) is 102 cm³/mol. The molecule has 0 radical (unpaired) electrons. The Labute approximate surface area is 162 Å². The number of halogens is 3. The summed E-state index contributed by atoms with van der Waals surface area (Å²) in [7, 11) is 0. The van der Waals surface area contributed by atoms with E-state index in [2.05, 4.69) is 15.3 Å². The van der Waals surface area contributed by atoms with Crippen LogP contribution in [-0.4, -0.2) is 28.6 Å². The molecule has 0 atom stereocenters. The molecule has 2 heterocycles. The van der Waals surface area contributed by atoms with Gasteiger partial charge in [0.15, 0.2) is 5.13 Å². The predicted octanol–water partition coefficient (Wildman–Crippen LogP) is 4.06. The van der Waals surface area contributed by atoms with Gasteiger partial charge in [-0.05, 0) is 37.1 Å². The van der Waals surface area contributed by atoms with Crippen molar-refractivity contribution in [3.05, 3.63) is 52.6 Å². The number of carbonyl (C=O) groups excluding carboxylic acids is 1. The first-order valence-corrected chi connectivity index (χ1v) is 9.47. The van der Waals surface area contributed by atoms with Crippen LogP contribution in [0.3, 0.4) is 0 Å². The highest BCUT2D eigenvalue weighted by atomic mass is 35.5. The van der Waals surface area contributed by atoms with Crippen LogP contribution in [0.4, 0.5) is 13.9 Å². The van der Waals surface area contributed by atoms with E-state index in [0.717, 1.165) is 0 Å². The van der Waals surface area contributed by atoms with Crippen LogP contribution in [0.2, 0.25) is 5.02 Å². The number of alkyl halides is 1. The van der Waals surface area contributed by atoms with Crippen LogP contribution in [0.15, 0.2) is 30.5 Å². The second kappa shape index (κ2) is 6.69. The number of thiazole rings is 1. The van der Waals surface area contributed by atoms with Crippen LogP contribution in [0, 0.1) is 5.82 Å². The molecule has 0 unspecified atom stereocenters. The first kappa shape index (κ1) is 18.1. The average Bonchev–Trinajstić information content (AvgIpc) is 3.03. The molecule has 27 heavy (non-hydrogen) atoms. The molecule has 3 N–H and O–H groups in total. The third-order valence-corrected chi connectivity index (χ3v) is 6.17. The minimum Gasteiger partial charge on any atom is -0.366 e. The van der Waals surface area contributed by atoms with Gasteiger partial charge in [0.05, 0.1) is 21.0 Å². The number of nitrogens with two attached hydrogens (primary N) is 1. The zero-order valence-corrected chi connectivity index (χ0v) is 15.6. The Kier molecular flexibility index (Phi) is 4.47. The van der Waals surface area contributed by atoms with Crippen molar-refractivity contribution >= 4 is 44.2 Å². The maximum absolute atomic E-state index is 14.2. The van der Waals surface area contributed by atoms with Gasteiger partial charge in [-0.15, -0.1) is 0 Å². The number of rotatable bonds is 5. The summed E-state index contributed by atoms with van der Waals surface area (Å²) in [4.78, 5) is 20.2. The summed E-state index contributed by atoms with van der Waals surface area (Å²) >= 11 is 7.39. The molecular weight excluding hydrogens is 394 g/mol. The minimum atomic E-state index is -0.987. The van der Waals surface area contributed by atoms with Crippen molar-refractivity contribution in [1.82, 2.24) is 9.97 Å². The normalized spacial score (nSPS) is 21.8. The van der Waals surface area contributed by atoms with Gasteiger partial charge in [0.25, 0.3) is 0 Å². The van der Waals surface area contributed by atoms with Crippen molar-refractivity contribution in [3.8, 4) is 0 Å². The van der Waals surface area contributed by atoms with Crippen molar-refractivity contribution in [1.29, 1.82) is 0 Å². The number of hydrogen-bond donors (Lipinski definition) is 2. The van der Waals surface area contributed by atoms with Gasteiger partial charge in [-0.25, -0.2) is 13.8 Å². The number of anilines is 1. The van der Waals surface area contributed by atoms with Crippen molar-refractivity contribution in [2.75, 3.05) is 11.9 Å². The van der Waals surface area contributed by atoms with Crippen molar-refractivity contribution < 1.29 is 13.6 Å². The molecule has 1 fully saturated rings. The second-order valence-corrected chi connectivity index (χ2v) is 8.04. The summed E-state index contributed by atoms with van der Waals surface area (Å²) in [6.45, 7) is 0.269. The van der Waals surface area contributed by atoms with E-state index in [1.54, 1.807) is 12.1 Å². The van der Waals surface area contributed by atoms with Crippen molar-refractivity contribution in [2.45, 2.75) is 24.4 Å². The van der Waals surface area contributed by atoms with Crippen LogP contribution < -0.4 is 11.1 Å². The fraction of sp³-hybridized carbons (Fsp3) is 0.278. The minimum absolute atomic E-state index is 0.187. The van der Waals surface area contributed by atoms with Gasteiger partial charge in [-0.2, -0.15) is 0 Å². The number of pyridine rings is 1. The Morgan fingerprint density at radius 1 is 1.41 bits per heavy atom. The fourth-order valence-corrected chi connectivity index (χ4v) is 4.74. The third-order valence-electron chi connectivity index (χ3n) is 4.82. The molecule has 2 aromatic heterocycles.